The van der Waals surface area contributed by atoms with Crippen molar-refractivity contribution in [1.29, 1.82) is 0 Å². The summed E-state index contributed by atoms with van der Waals surface area (Å²) in [5, 5.41) is 8.03. The van der Waals surface area contributed by atoms with Gasteiger partial charge in [-0.1, -0.05) is 29.4 Å². The lowest BCUT2D eigenvalue weighted by Gasteiger charge is -2.07. The normalized spacial score (nSPS) is 10.8. The Morgan fingerprint density at radius 3 is 2.67 bits per heavy atom. The van der Waals surface area contributed by atoms with E-state index in [0.717, 1.165) is 11.1 Å². The fraction of sp³-hybridized carbons (Fsp3) is 0.200. The highest BCUT2D eigenvalue weighted by Crippen LogP contribution is 2.13. The van der Waals surface area contributed by atoms with Gasteiger partial charge in [0, 0.05) is 6.07 Å². The number of nitrogens with zero attached hydrogens (tertiary/aromatic N) is 4. The largest absolute Gasteiger partial charge is 0.332 e. The molecule has 0 fully saturated rings. The Hall–Kier alpha value is -2.76. The van der Waals surface area contributed by atoms with Crippen LogP contribution < -0.4 is 5.56 Å². The van der Waals surface area contributed by atoms with E-state index < -0.39 is 0 Å². The number of hydrogen-bond acceptors (Lipinski definition) is 5. The fourth-order valence-corrected chi connectivity index (χ4v) is 2.03. The maximum Gasteiger partial charge on any atom is 0.278 e. The van der Waals surface area contributed by atoms with E-state index in [1.165, 1.54) is 10.7 Å². The third-order valence-corrected chi connectivity index (χ3v) is 3.19. The van der Waals surface area contributed by atoms with Crippen LogP contribution in [0.5, 0.6) is 0 Å². The summed E-state index contributed by atoms with van der Waals surface area (Å²) in [5.74, 6) is 0.842. The second kappa shape index (κ2) is 5.32. The molecule has 1 aromatic carbocycles. The van der Waals surface area contributed by atoms with Gasteiger partial charge in [-0.15, -0.1) is 0 Å². The lowest BCUT2D eigenvalue weighted by atomic mass is 10.1. The minimum atomic E-state index is -0.168. The first-order chi connectivity index (χ1) is 10.1. The molecule has 6 nitrogen and oxygen atoms in total. The van der Waals surface area contributed by atoms with Crippen molar-refractivity contribution in [3.8, 4) is 11.6 Å². The number of hydrogen-bond donors (Lipinski definition) is 0. The second-order valence-electron chi connectivity index (χ2n) is 4.79. The molecule has 0 saturated heterocycles. The van der Waals surface area contributed by atoms with Gasteiger partial charge in [-0.25, -0.2) is 4.68 Å². The van der Waals surface area contributed by atoms with Gasteiger partial charge in [0.15, 0.2) is 5.82 Å². The van der Waals surface area contributed by atoms with Crippen LogP contribution in [-0.4, -0.2) is 19.9 Å². The zero-order chi connectivity index (χ0) is 14.8. The molecule has 2 heterocycles. The van der Waals surface area contributed by atoms with Crippen molar-refractivity contribution in [3.05, 3.63) is 63.7 Å². The molecule has 3 aromatic rings. The van der Waals surface area contributed by atoms with E-state index in [-0.39, 0.29) is 5.56 Å². The highest BCUT2D eigenvalue weighted by atomic mass is 16.5. The van der Waals surface area contributed by atoms with E-state index in [0.29, 0.717) is 24.0 Å². The number of aromatic nitrogens is 4. The number of benzene rings is 1. The van der Waals surface area contributed by atoms with Crippen molar-refractivity contribution in [3.63, 3.8) is 0 Å². The van der Waals surface area contributed by atoms with Crippen LogP contribution in [0.3, 0.4) is 0 Å². The molecule has 0 spiro atoms. The van der Waals surface area contributed by atoms with Gasteiger partial charge in [0.25, 0.3) is 11.4 Å². The first kappa shape index (κ1) is 13.2. The minimum absolute atomic E-state index is 0.168. The molecular weight excluding hydrogens is 268 g/mol. The summed E-state index contributed by atoms with van der Waals surface area (Å²) in [6.45, 7) is 4.15. The molecule has 0 unspecified atom stereocenters. The molecule has 0 bridgehead atoms. The average Bonchev–Trinajstić information content (AvgIpc) is 2.90. The molecule has 6 heteroatoms. The van der Waals surface area contributed by atoms with E-state index in [9.17, 15) is 4.79 Å². The van der Waals surface area contributed by atoms with Gasteiger partial charge in [-0.2, -0.15) is 10.1 Å². The van der Waals surface area contributed by atoms with Crippen LogP contribution in [-0.2, 0) is 6.54 Å². The summed E-state index contributed by atoms with van der Waals surface area (Å²) in [6.07, 6.45) is 0. The van der Waals surface area contributed by atoms with Crippen LogP contribution in [0.1, 0.15) is 17.0 Å². The van der Waals surface area contributed by atoms with E-state index in [2.05, 4.69) is 15.2 Å². The molecule has 3 rings (SSSR count). The number of rotatable bonds is 3. The highest BCUT2D eigenvalue weighted by Gasteiger charge is 2.10. The highest BCUT2D eigenvalue weighted by molar-refractivity contribution is 5.44. The lowest BCUT2D eigenvalue weighted by Crippen LogP contribution is -2.23. The van der Waals surface area contributed by atoms with Crippen LogP contribution in [0, 0.1) is 13.8 Å². The van der Waals surface area contributed by atoms with Crippen molar-refractivity contribution >= 4 is 0 Å². The first-order valence-corrected chi connectivity index (χ1v) is 6.57. The zero-order valence-electron chi connectivity index (χ0n) is 11.8. The van der Waals surface area contributed by atoms with Crippen molar-refractivity contribution < 1.29 is 4.52 Å². The Balaban J connectivity index is 1.99. The monoisotopic (exact) mass is 282 g/mol. The molecule has 0 saturated carbocycles. The molecule has 0 N–H and O–H groups in total. The smallest absolute Gasteiger partial charge is 0.278 e. The van der Waals surface area contributed by atoms with Crippen LogP contribution in [0.15, 0.2) is 45.7 Å². The predicted octanol–water partition coefficient (Wildman–Crippen LogP) is 1.96. The van der Waals surface area contributed by atoms with Crippen molar-refractivity contribution in [2.45, 2.75) is 20.4 Å². The van der Waals surface area contributed by atoms with Gasteiger partial charge >= 0.3 is 0 Å². The molecule has 0 atom stereocenters. The van der Waals surface area contributed by atoms with E-state index in [4.69, 9.17) is 4.52 Å². The molecule has 21 heavy (non-hydrogen) atoms. The average molecular weight is 282 g/mol. The molecule has 2 aromatic heterocycles. The minimum Gasteiger partial charge on any atom is -0.332 e. The van der Waals surface area contributed by atoms with Crippen LogP contribution in [0.4, 0.5) is 0 Å². The standard InChI is InChI=1S/C15H14N4O2/c1-10-5-3-4-6-12(10)9-19-14(20)8-7-13(17-19)15-16-11(2)18-21-15/h3-8H,9H2,1-2H3. The maximum atomic E-state index is 12.0. The first-order valence-electron chi connectivity index (χ1n) is 6.57. The summed E-state index contributed by atoms with van der Waals surface area (Å²) in [5.41, 5.74) is 2.48. The van der Waals surface area contributed by atoms with Gasteiger partial charge in [-0.05, 0) is 31.0 Å². The second-order valence-corrected chi connectivity index (χ2v) is 4.79. The van der Waals surface area contributed by atoms with Crippen LogP contribution >= 0.6 is 0 Å². The van der Waals surface area contributed by atoms with Crippen LogP contribution in [0.2, 0.25) is 0 Å². The summed E-state index contributed by atoms with van der Waals surface area (Å²) in [7, 11) is 0. The molecule has 0 aliphatic rings. The van der Waals surface area contributed by atoms with Crippen LogP contribution in [0.25, 0.3) is 11.6 Å². The van der Waals surface area contributed by atoms with Gasteiger partial charge in [0.1, 0.15) is 5.69 Å². The summed E-state index contributed by atoms with van der Waals surface area (Å²) in [6, 6.07) is 10.9. The van der Waals surface area contributed by atoms with E-state index in [1.54, 1.807) is 13.0 Å². The van der Waals surface area contributed by atoms with E-state index in [1.807, 2.05) is 31.2 Å². The molecule has 106 valence electrons. The Morgan fingerprint density at radius 1 is 1.14 bits per heavy atom. The number of aryl methyl sites for hydroxylation is 2. The van der Waals surface area contributed by atoms with Crippen molar-refractivity contribution in [2.75, 3.05) is 0 Å². The third-order valence-electron chi connectivity index (χ3n) is 3.19. The van der Waals surface area contributed by atoms with Crippen molar-refractivity contribution in [2.24, 2.45) is 0 Å². The van der Waals surface area contributed by atoms with Gasteiger partial charge in [0.05, 0.1) is 6.54 Å². The Kier molecular flexibility index (Phi) is 3.35. The molecular formula is C15H14N4O2. The van der Waals surface area contributed by atoms with Crippen molar-refractivity contribution in [1.82, 2.24) is 19.9 Å². The van der Waals surface area contributed by atoms with E-state index >= 15 is 0 Å². The quantitative estimate of drug-likeness (QED) is 0.734. The Bertz CT molecular complexity index is 835. The topological polar surface area (TPSA) is 73.8 Å². The van der Waals surface area contributed by atoms with Gasteiger partial charge in [0.2, 0.25) is 0 Å². The molecule has 0 aliphatic carbocycles. The SMILES string of the molecule is Cc1noc(-c2ccc(=O)n(Cc3ccccc3C)n2)n1. The maximum absolute atomic E-state index is 12.0. The fourth-order valence-electron chi connectivity index (χ4n) is 2.03. The third kappa shape index (κ3) is 2.74. The van der Waals surface area contributed by atoms with Gasteiger partial charge < -0.3 is 4.52 Å². The Labute approximate surface area is 121 Å². The molecule has 0 amide bonds. The Morgan fingerprint density at radius 2 is 1.95 bits per heavy atom. The molecule has 0 aliphatic heterocycles. The zero-order valence-corrected chi connectivity index (χ0v) is 11.8. The van der Waals surface area contributed by atoms with Gasteiger partial charge in [-0.3, -0.25) is 4.79 Å². The molecule has 0 radical (unpaired) electrons. The predicted molar refractivity (Wildman–Crippen MR) is 76.8 cm³/mol. The summed E-state index contributed by atoms with van der Waals surface area (Å²) < 4.78 is 6.48. The summed E-state index contributed by atoms with van der Waals surface area (Å²) >= 11 is 0. The summed E-state index contributed by atoms with van der Waals surface area (Å²) in [4.78, 5) is 16.1. The lowest BCUT2D eigenvalue weighted by molar-refractivity contribution is 0.422.